The predicted molar refractivity (Wildman–Crippen MR) is 101 cm³/mol. The van der Waals surface area contributed by atoms with Gasteiger partial charge in [-0.25, -0.2) is 0 Å². The molecule has 4 rings (SSSR count). The average molecular weight is 333 g/mol. The number of anilines is 1. The normalized spacial score (nSPS) is 17.0. The quantitative estimate of drug-likeness (QED) is 0.631. The molecular weight excluding hydrogens is 316 g/mol. The van der Waals surface area contributed by atoms with Gasteiger partial charge in [0, 0.05) is 10.9 Å². The van der Waals surface area contributed by atoms with Crippen LogP contribution in [0, 0.1) is 0 Å². The van der Waals surface area contributed by atoms with Crippen molar-refractivity contribution in [2.45, 2.75) is 5.92 Å². The Morgan fingerprint density at radius 3 is 2.08 bits per heavy atom. The summed E-state index contributed by atoms with van der Waals surface area (Å²) in [5, 5.41) is 7.75. The highest BCUT2D eigenvalue weighted by Crippen LogP contribution is 2.32. The van der Waals surface area contributed by atoms with Crippen LogP contribution in [0.15, 0.2) is 90.0 Å². The topological polar surface area (TPSA) is 15.6 Å². The first-order valence-corrected chi connectivity index (χ1v) is 8.41. The zero-order valence-electron chi connectivity index (χ0n) is 13.1. The largest absolute Gasteiger partial charge is 0.264 e. The maximum absolute atomic E-state index is 6.05. The minimum absolute atomic E-state index is 0.243. The maximum atomic E-state index is 6.05. The lowest BCUT2D eigenvalue weighted by Crippen LogP contribution is -2.18. The van der Waals surface area contributed by atoms with E-state index in [1.807, 2.05) is 48.5 Å². The standard InChI is InChI=1S/C21H17ClN2/c22-18-13-11-17(12-14-18)21-20(16-7-3-1-4-8-16)15-24(23-21)19-9-5-2-6-10-19/h1-14,20H,15H2. The van der Waals surface area contributed by atoms with Gasteiger partial charge in [-0.2, -0.15) is 5.10 Å². The van der Waals surface area contributed by atoms with Gasteiger partial charge in [-0.05, 0) is 35.4 Å². The van der Waals surface area contributed by atoms with Gasteiger partial charge in [0.2, 0.25) is 0 Å². The molecular formula is C21H17ClN2. The molecule has 0 saturated heterocycles. The summed E-state index contributed by atoms with van der Waals surface area (Å²) in [6.07, 6.45) is 0. The van der Waals surface area contributed by atoms with E-state index in [0.717, 1.165) is 28.5 Å². The smallest absolute Gasteiger partial charge is 0.0775 e. The fourth-order valence-electron chi connectivity index (χ4n) is 3.09. The van der Waals surface area contributed by atoms with Crippen LogP contribution in [0.1, 0.15) is 17.0 Å². The van der Waals surface area contributed by atoms with Crippen LogP contribution in [0.5, 0.6) is 0 Å². The Hall–Kier alpha value is -2.58. The summed E-state index contributed by atoms with van der Waals surface area (Å²) in [7, 11) is 0. The average Bonchev–Trinajstić information content (AvgIpc) is 3.09. The van der Waals surface area contributed by atoms with E-state index in [4.69, 9.17) is 16.7 Å². The third-order valence-corrected chi connectivity index (χ3v) is 4.56. The minimum Gasteiger partial charge on any atom is -0.264 e. The summed E-state index contributed by atoms with van der Waals surface area (Å²) >= 11 is 6.05. The fourth-order valence-corrected chi connectivity index (χ4v) is 3.22. The van der Waals surface area contributed by atoms with Gasteiger partial charge in [-0.1, -0.05) is 72.3 Å². The first kappa shape index (κ1) is 15.0. The Labute approximate surface area is 147 Å². The minimum atomic E-state index is 0.243. The first-order valence-electron chi connectivity index (χ1n) is 8.03. The van der Waals surface area contributed by atoms with Gasteiger partial charge in [-0.15, -0.1) is 0 Å². The summed E-state index contributed by atoms with van der Waals surface area (Å²) < 4.78 is 0. The Bertz CT molecular complexity index is 842. The van der Waals surface area contributed by atoms with Crippen LogP contribution in [-0.2, 0) is 0 Å². The van der Waals surface area contributed by atoms with Crippen molar-refractivity contribution in [2.24, 2.45) is 5.10 Å². The molecule has 3 heteroatoms. The Balaban J connectivity index is 1.76. The number of hydrogen-bond acceptors (Lipinski definition) is 2. The molecule has 0 amide bonds. The van der Waals surface area contributed by atoms with E-state index in [1.54, 1.807) is 0 Å². The van der Waals surface area contributed by atoms with Crippen molar-refractivity contribution in [3.63, 3.8) is 0 Å². The van der Waals surface area contributed by atoms with Crippen LogP contribution < -0.4 is 5.01 Å². The molecule has 0 saturated carbocycles. The molecule has 0 spiro atoms. The molecule has 0 aromatic heterocycles. The molecule has 0 aliphatic carbocycles. The fraction of sp³-hybridized carbons (Fsp3) is 0.0952. The number of hydrazone groups is 1. The SMILES string of the molecule is Clc1ccc(C2=NN(c3ccccc3)CC2c2ccccc2)cc1. The number of rotatable bonds is 3. The molecule has 1 atom stereocenters. The first-order chi connectivity index (χ1) is 11.8. The summed E-state index contributed by atoms with van der Waals surface area (Å²) in [4.78, 5) is 0. The van der Waals surface area contributed by atoms with Gasteiger partial charge in [0.05, 0.1) is 17.9 Å². The Kier molecular flexibility index (Phi) is 4.06. The van der Waals surface area contributed by atoms with Crippen LogP contribution in [-0.4, -0.2) is 12.3 Å². The van der Waals surface area contributed by atoms with Crippen molar-refractivity contribution in [1.82, 2.24) is 0 Å². The van der Waals surface area contributed by atoms with Gasteiger partial charge in [0.15, 0.2) is 0 Å². The van der Waals surface area contributed by atoms with Crippen molar-refractivity contribution < 1.29 is 0 Å². The molecule has 3 aromatic carbocycles. The molecule has 1 heterocycles. The van der Waals surface area contributed by atoms with Gasteiger partial charge in [0.25, 0.3) is 0 Å². The summed E-state index contributed by atoms with van der Waals surface area (Å²) in [6, 6.07) is 28.8. The second-order valence-corrected chi connectivity index (χ2v) is 6.31. The van der Waals surface area contributed by atoms with Crippen LogP contribution in [0.2, 0.25) is 5.02 Å². The second kappa shape index (κ2) is 6.50. The lowest BCUT2D eigenvalue weighted by atomic mass is 9.90. The van der Waals surface area contributed by atoms with Gasteiger partial charge in [0.1, 0.15) is 0 Å². The Morgan fingerprint density at radius 1 is 0.792 bits per heavy atom. The molecule has 118 valence electrons. The Morgan fingerprint density at radius 2 is 1.42 bits per heavy atom. The zero-order valence-corrected chi connectivity index (χ0v) is 13.9. The second-order valence-electron chi connectivity index (χ2n) is 5.87. The number of halogens is 1. The third kappa shape index (κ3) is 2.93. The van der Waals surface area contributed by atoms with E-state index in [9.17, 15) is 0 Å². The molecule has 3 aromatic rings. The van der Waals surface area contributed by atoms with E-state index in [0.29, 0.717) is 0 Å². The molecule has 1 aliphatic rings. The molecule has 24 heavy (non-hydrogen) atoms. The van der Waals surface area contributed by atoms with Gasteiger partial charge >= 0.3 is 0 Å². The molecule has 0 bridgehead atoms. The van der Waals surface area contributed by atoms with E-state index in [2.05, 4.69) is 41.4 Å². The van der Waals surface area contributed by atoms with Crippen molar-refractivity contribution in [1.29, 1.82) is 0 Å². The van der Waals surface area contributed by atoms with Crippen molar-refractivity contribution >= 4 is 23.0 Å². The van der Waals surface area contributed by atoms with Crippen LogP contribution in [0.3, 0.4) is 0 Å². The molecule has 2 nitrogen and oxygen atoms in total. The number of hydrogen-bond donors (Lipinski definition) is 0. The highest BCUT2D eigenvalue weighted by molar-refractivity contribution is 6.30. The van der Waals surface area contributed by atoms with Crippen LogP contribution in [0.4, 0.5) is 5.69 Å². The molecule has 0 fully saturated rings. The third-order valence-electron chi connectivity index (χ3n) is 4.31. The maximum Gasteiger partial charge on any atom is 0.0775 e. The number of benzene rings is 3. The van der Waals surface area contributed by atoms with Crippen molar-refractivity contribution in [2.75, 3.05) is 11.6 Å². The summed E-state index contributed by atoms with van der Waals surface area (Å²) in [6.45, 7) is 0.839. The van der Waals surface area contributed by atoms with Crippen molar-refractivity contribution in [3.05, 3.63) is 101 Å². The van der Waals surface area contributed by atoms with Crippen LogP contribution >= 0.6 is 11.6 Å². The van der Waals surface area contributed by atoms with Crippen LogP contribution in [0.25, 0.3) is 0 Å². The number of para-hydroxylation sites is 1. The number of nitrogens with zero attached hydrogens (tertiary/aromatic N) is 2. The van der Waals surface area contributed by atoms with Crippen molar-refractivity contribution in [3.8, 4) is 0 Å². The zero-order chi connectivity index (χ0) is 16.4. The lowest BCUT2D eigenvalue weighted by Gasteiger charge is -2.16. The van der Waals surface area contributed by atoms with E-state index >= 15 is 0 Å². The van der Waals surface area contributed by atoms with E-state index in [1.165, 1.54) is 5.56 Å². The lowest BCUT2D eigenvalue weighted by molar-refractivity contribution is 0.851. The predicted octanol–water partition coefficient (Wildman–Crippen LogP) is 5.35. The molecule has 0 N–H and O–H groups in total. The van der Waals surface area contributed by atoms with Gasteiger partial charge in [-0.3, -0.25) is 5.01 Å². The summed E-state index contributed by atoms with van der Waals surface area (Å²) in [5.41, 5.74) is 4.60. The highest BCUT2D eigenvalue weighted by atomic mass is 35.5. The van der Waals surface area contributed by atoms with E-state index in [-0.39, 0.29) is 5.92 Å². The summed E-state index contributed by atoms with van der Waals surface area (Å²) in [5.74, 6) is 0.243. The monoisotopic (exact) mass is 332 g/mol. The van der Waals surface area contributed by atoms with E-state index < -0.39 is 0 Å². The molecule has 1 aliphatic heterocycles. The highest BCUT2D eigenvalue weighted by Gasteiger charge is 2.29. The molecule has 1 unspecified atom stereocenters. The molecule has 0 radical (unpaired) electrons. The van der Waals surface area contributed by atoms with Gasteiger partial charge < -0.3 is 0 Å².